The SMILES string of the molecule is CCN(CC)C(=O)CN1C(=O)c2cc(OC)c(OC)cc2S1(=O)=O. The van der Waals surface area contributed by atoms with Crippen molar-refractivity contribution in [2.75, 3.05) is 33.9 Å². The molecule has 0 bridgehead atoms. The second-order valence-electron chi connectivity index (χ2n) is 5.09. The van der Waals surface area contributed by atoms with Crippen LogP contribution in [0.25, 0.3) is 0 Å². The summed E-state index contributed by atoms with van der Waals surface area (Å²) >= 11 is 0. The van der Waals surface area contributed by atoms with Gasteiger partial charge in [0.2, 0.25) is 5.91 Å². The van der Waals surface area contributed by atoms with Gasteiger partial charge in [0.05, 0.1) is 19.8 Å². The molecule has 1 heterocycles. The predicted octanol–water partition coefficient (Wildman–Crippen LogP) is 0.717. The van der Waals surface area contributed by atoms with Gasteiger partial charge in [-0.2, -0.15) is 0 Å². The lowest BCUT2D eigenvalue weighted by molar-refractivity contribution is -0.130. The smallest absolute Gasteiger partial charge is 0.269 e. The van der Waals surface area contributed by atoms with E-state index in [0.29, 0.717) is 17.4 Å². The normalized spacial score (nSPS) is 15.2. The third kappa shape index (κ3) is 2.79. The first-order chi connectivity index (χ1) is 11.3. The molecule has 0 spiro atoms. The molecule has 0 saturated carbocycles. The van der Waals surface area contributed by atoms with E-state index in [-0.39, 0.29) is 22.0 Å². The second kappa shape index (κ2) is 6.68. The van der Waals surface area contributed by atoms with Crippen LogP contribution in [0, 0.1) is 0 Å². The number of benzene rings is 1. The predicted molar refractivity (Wildman–Crippen MR) is 85.7 cm³/mol. The van der Waals surface area contributed by atoms with Crippen LogP contribution in [0.4, 0.5) is 0 Å². The van der Waals surface area contributed by atoms with Gasteiger partial charge in [-0.1, -0.05) is 0 Å². The average molecular weight is 356 g/mol. The molecule has 1 aromatic carbocycles. The van der Waals surface area contributed by atoms with Gasteiger partial charge in [-0.05, 0) is 19.9 Å². The summed E-state index contributed by atoms with van der Waals surface area (Å²) in [5.74, 6) is -0.726. The number of hydrogen-bond acceptors (Lipinski definition) is 6. The Bertz CT molecular complexity index is 770. The summed E-state index contributed by atoms with van der Waals surface area (Å²) in [6.07, 6.45) is 0. The third-order valence-corrected chi connectivity index (χ3v) is 5.67. The van der Waals surface area contributed by atoms with Gasteiger partial charge in [0, 0.05) is 19.2 Å². The zero-order chi connectivity index (χ0) is 18.1. The fourth-order valence-corrected chi connectivity index (χ4v) is 4.07. The van der Waals surface area contributed by atoms with Crippen LogP contribution in [0.15, 0.2) is 17.0 Å². The van der Waals surface area contributed by atoms with Gasteiger partial charge in [0.1, 0.15) is 11.4 Å². The fraction of sp³-hybridized carbons (Fsp3) is 0.467. The van der Waals surface area contributed by atoms with E-state index in [2.05, 4.69) is 0 Å². The van der Waals surface area contributed by atoms with Crippen LogP contribution in [0.3, 0.4) is 0 Å². The number of fused-ring (bicyclic) bond motifs is 1. The molecule has 0 N–H and O–H groups in total. The summed E-state index contributed by atoms with van der Waals surface area (Å²) < 4.78 is 36.1. The third-order valence-electron chi connectivity index (χ3n) is 3.91. The molecule has 2 amide bonds. The molecule has 24 heavy (non-hydrogen) atoms. The van der Waals surface area contributed by atoms with E-state index in [1.807, 2.05) is 0 Å². The van der Waals surface area contributed by atoms with Crippen molar-refractivity contribution in [1.82, 2.24) is 9.21 Å². The van der Waals surface area contributed by atoms with E-state index >= 15 is 0 Å². The summed E-state index contributed by atoms with van der Waals surface area (Å²) in [4.78, 5) is 26.0. The van der Waals surface area contributed by atoms with Crippen molar-refractivity contribution < 1.29 is 27.5 Å². The van der Waals surface area contributed by atoms with Crippen LogP contribution in [0.1, 0.15) is 24.2 Å². The summed E-state index contributed by atoms with van der Waals surface area (Å²) in [5.41, 5.74) is -0.0278. The maximum atomic E-state index is 12.6. The zero-order valence-electron chi connectivity index (χ0n) is 14.0. The second-order valence-corrected chi connectivity index (χ2v) is 6.92. The molecule has 1 aromatic rings. The van der Waals surface area contributed by atoms with E-state index in [1.54, 1.807) is 13.8 Å². The number of methoxy groups -OCH3 is 2. The zero-order valence-corrected chi connectivity index (χ0v) is 14.8. The molecule has 9 heteroatoms. The number of nitrogens with zero attached hydrogens (tertiary/aromatic N) is 2. The van der Waals surface area contributed by atoms with Crippen LogP contribution in [0.2, 0.25) is 0 Å². The van der Waals surface area contributed by atoms with Crippen LogP contribution < -0.4 is 9.47 Å². The molecule has 1 aliphatic heterocycles. The Kier molecular flexibility index (Phi) is 5.02. The number of carbonyl (C=O) groups is 2. The maximum Gasteiger partial charge on any atom is 0.269 e. The van der Waals surface area contributed by atoms with E-state index in [1.165, 1.54) is 31.3 Å². The number of hydrogen-bond donors (Lipinski definition) is 0. The van der Waals surface area contributed by atoms with Gasteiger partial charge in [0.15, 0.2) is 11.5 Å². The van der Waals surface area contributed by atoms with Crippen molar-refractivity contribution >= 4 is 21.8 Å². The summed E-state index contributed by atoms with van der Waals surface area (Å²) in [5, 5.41) is 0. The van der Waals surface area contributed by atoms with Gasteiger partial charge in [0.25, 0.3) is 15.9 Å². The number of ether oxygens (including phenoxy) is 2. The van der Waals surface area contributed by atoms with E-state index < -0.39 is 28.4 Å². The molecule has 132 valence electrons. The molecule has 0 aliphatic carbocycles. The molecule has 0 fully saturated rings. The number of rotatable bonds is 6. The molecule has 0 atom stereocenters. The Balaban J connectivity index is 2.45. The standard InChI is InChI=1S/C15H20N2O6S/c1-5-16(6-2)14(18)9-17-15(19)10-7-11(22-3)12(23-4)8-13(10)24(17,20)21/h7-8H,5-6,9H2,1-4H3. The molecule has 0 unspecified atom stereocenters. The summed E-state index contributed by atoms with van der Waals surface area (Å²) in [7, 11) is -1.34. The molecule has 2 rings (SSSR count). The topological polar surface area (TPSA) is 93.2 Å². The monoisotopic (exact) mass is 356 g/mol. The van der Waals surface area contributed by atoms with E-state index in [9.17, 15) is 18.0 Å². The van der Waals surface area contributed by atoms with Gasteiger partial charge in [-0.25, -0.2) is 12.7 Å². The molecule has 8 nitrogen and oxygen atoms in total. The first-order valence-electron chi connectivity index (χ1n) is 7.42. The first-order valence-corrected chi connectivity index (χ1v) is 8.86. The Morgan fingerprint density at radius 2 is 1.67 bits per heavy atom. The Morgan fingerprint density at radius 1 is 1.12 bits per heavy atom. The van der Waals surface area contributed by atoms with E-state index in [4.69, 9.17) is 9.47 Å². The molecule has 0 radical (unpaired) electrons. The highest BCUT2D eigenvalue weighted by Gasteiger charge is 2.43. The summed E-state index contributed by atoms with van der Waals surface area (Å²) in [6.45, 7) is 3.92. The van der Waals surface area contributed by atoms with Crippen molar-refractivity contribution in [1.29, 1.82) is 0 Å². The largest absolute Gasteiger partial charge is 0.493 e. The minimum atomic E-state index is -4.10. The Labute approximate surface area is 141 Å². The van der Waals surface area contributed by atoms with Crippen LogP contribution >= 0.6 is 0 Å². The first kappa shape index (κ1) is 18.1. The molecular weight excluding hydrogens is 336 g/mol. The highest BCUT2D eigenvalue weighted by atomic mass is 32.2. The summed E-state index contributed by atoms with van der Waals surface area (Å²) in [6, 6.07) is 2.55. The Morgan fingerprint density at radius 3 is 2.17 bits per heavy atom. The Hall–Kier alpha value is -2.29. The minimum absolute atomic E-state index is 0.0278. The van der Waals surface area contributed by atoms with Crippen molar-refractivity contribution in [2.45, 2.75) is 18.7 Å². The van der Waals surface area contributed by atoms with Crippen LogP contribution in [0.5, 0.6) is 11.5 Å². The maximum absolute atomic E-state index is 12.6. The van der Waals surface area contributed by atoms with Crippen LogP contribution in [-0.4, -0.2) is 63.3 Å². The number of likely N-dealkylation sites (N-methyl/N-ethyl adjacent to an activating group) is 1. The van der Waals surface area contributed by atoms with Gasteiger partial charge in [-0.3, -0.25) is 9.59 Å². The van der Waals surface area contributed by atoms with Gasteiger partial charge < -0.3 is 14.4 Å². The van der Waals surface area contributed by atoms with Crippen molar-refractivity contribution in [3.63, 3.8) is 0 Å². The highest BCUT2D eigenvalue weighted by Crippen LogP contribution is 2.38. The lowest BCUT2D eigenvalue weighted by atomic mass is 10.2. The number of sulfonamides is 1. The van der Waals surface area contributed by atoms with Crippen molar-refractivity contribution in [2.24, 2.45) is 0 Å². The number of amides is 2. The average Bonchev–Trinajstić information content (AvgIpc) is 2.75. The lowest BCUT2D eigenvalue weighted by Crippen LogP contribution is -2.42. The molecule has 1 aliphatic rings. The van der Waals surface area contributed by atoms with Crippen LogP contribution in [-0.2, 0) is 14.8 Å². The fourth-order valence-electron chi connectivity index (χ4n) is 2.56. The highest BCUT2D eigenvalue weighted by molar-refractivity contribution is 7.90. The molecular formula is C15H20N2O6S. The van der Waals surface area contributed by atoms with Crippen molar-refractivity contribution in [3.8, 4) is 11.5 Å². The van der Waals surface area contributed by atoms with Gasteiger partial charge in [-0.15, -0.1) is 0 Å². The molecule has 0 aromatic heterocycles. The van der Waals surface area contributed by atoms with Gasteiger partial charge >= 0.3 is 0 Å². The minimum Gasteiger partial charge on any atom is -0.493 e. The molecule has 0 saturated heterocycles. The number of carbonyl (C=O) groups excluding carboxylic acids is 2. The van der Waals surface area contributed by atoms with E-state index in [0.717, 1.165) is 0 Å². The van der Waals surface area contributed by atoms with Crippen molar-refractivity contribution in [3.05, 3.63) is 17.7 Å². The quantitative estimate of drug-likeness (QED) is 0.745. The lowest BCUT2D eigenvalue weighted by Gasteiger charge is -2.22.